The Bertz CT molecular complexity index is 956. The van der Waals surface area contributed by atoms with E-state index in [1.54, 1.807) is 10.8 Å². The highest BCUT2D eigenvalue weighted by Crippen LogP contribution is 2.36. The number of amides is 1. The van der Waals surface area contributed by atoms with E-state index in [9.17, 15) is 9.90 Å². The maximum absolute atomic E-state index is 13.2. The molecule has 3 aromatic rings. The molecular weight excluding hydrogens is 350 g/mol. The highest BCUT2D eigenvalue weighted by molar-refractivity contribution is 5.95. The molecule has 0 radical (unpaired) electrons. The summed E-state index contributed by atoms with van der Waals surface area (Å²) in [6.45, 7) is 1.97. The lowest BCUT2D eigenvalue weighted by molar-refractivity contribution is -0.120. The van der Waals surface area contributed by atoms with Gasteiger partial charge in [-0.25, -0.2) is 4.98 Å². The van der Waals surface area contributed by atoms with Crippen molar-refractivity contribution in [3.8, 4) is 5.88 Å². The molecule has 2 aromatic heterocycles. The van der Waals surface area contributed by atoms with Crippen molar-refractivity contribution in [2.75, 3.05) is 5.32 Å². The van der Waals surface area contributed by atoms with E-state index in [2.05, 4.69) is 10.3 Å². The fourth-order valence-electron chi connectivity index (χ4n) is 4.24. The summed E-state index contributed by atoms with van der Waals surface area (Å²) in [6, 6.07) is 11.0. The van der Waals surface area contributed by atoms with Crippen molar-refractivity contribution in [2.24, 2.45) is 5.92 Å². The average Bonchev–Trinajstić information content (AvgIpc) is 3.05. The van der Waals surface area contributed by atoms with Crippen LogP contribution in [0.15, 0.2) is 48.8 Å². The van der Waals surface area contributed by atoms with Crippen molar-refractivity contribution in [1.29, 1.82) is 0 Å². The van der Waals surface area contributed by atoms with Crippen LogP contribution in [0.2, 0.25) is 0 Å². The topological polar surface area (TPSA) is 67.2 Å². The summed E-state index contributed by atoms with van der Waals surface area (Å²) in [5.41, 5.74) is 1.05. The number of benzene rings is 1. The van der Waals surface area contributed by atoms with Crippen LogP contribution >= 0.6 is 0 Å². The molecule has 0 bridgehead atoms. The van der Waals surface area contributed by atoms with Crippen LogP contribution in [0.1, 0.15) is 50.1 Å². The van der Waals surface area contributed by atoms with E-state index in [-0.39, 0.29) is 11.8 Å². The van der Waals surface area contributed by atoms with Gasteiger partial charge in [0.1, 0.15) is 11.9 Å². The first kappa shape index (κ1) is 18.5. The Balaban J connectivity index is 1.64. The normalized spacial score (nSPS) is 16.2. The molecule has 0 unspecified atom stereocenters. The maximum Gasteiger partial charge on any atom is 0.248 e. The number of aryl methyl sites for hydroxylation is 1. The standard InChI is InChI=1S/C23H27N3O2/c1-16-11-12-21(24-14-16)25-22(27)20(13-17-7-3-2-4-8-17)26-15-18-9-5-6-10-19(18)23(26)28/h5-6,9-12,14-15,17,20,28H,2-4,7-8,13H2,1H3,(H,24,25,27)/t20-/m0/s1. The molecule has 2 N–H and O–H groups in total. The predicted molar refractivity (Wildman–Crippen MR) is 111 cm³/mol. The molecule has 146 valence electrons. The van der Waals surface area contributed by atoms with Gasteiger partial charge in [0.25, 0.3) is 0 Å². The number of carbonyl (C=O) groups is 1. The summed E-state index contributed by atoms with van der Waals surface area (Å²) in [7, 11) is 0. The summed E-state index contributed by atoms with van der Waals surface area (Å²) in [5, 5.41) is 15.5. The summed E-state index contributed by atoms with van der Waals surface area (Å²) in [5.74, 6) is 1.07. The van der Waals surface area contributed by atoms with E-state index in [1.165, 1.54) is 19.3 Å². The predicted octanol–water partition coefficient (Wildman–Crippen LogP) is 5.20. The minimum absolute atomic E-state index is 0.127. The second-order valence-electron chi connectivity index (χ2n) is 7.91. The number of nitrogens with zero attached hydrogens (tertiary/aromatic N) is 2. The molecule has 1 fully saturated rings. The Morgan fingerprint density at radius 3 is 2.71 bits per heavy atom. The quantitative estimate of drug-likeness (QED) is 0.642. The van der Waals surface area contributed by atoms with Gasteiger partial charge < -0.3 is 15.0 Å². The van der Waals surface area contributed by atoms with Gasteiger partial charge in [0.2, 0.25) is 5.91 Å². The molecule has 1 atom stereocenters. The van der Waals surface area contributed by atoms with Crippen LogP contribution in [0.5, 0.6) is 5.88 Å². The Labute approximate surface area is 165 Å². The number of anilines is 1. The molecule has 5 nitrogen and oxygen atoms in total. The minimum atomic E-state index is -0.460. The third kappa shape index (κ3) is 3.88. The Hall–Kier alpha value is -2.82. The molecule has 4 rings (SSSR count). The first-order valence-electron chi connectivity index (χ1n) is 10.1. The summed E-state index contributed by atoms with van der Waals surface area (Å²) >= 11 is 0. The van der Waals surface area contributed by atoms with Crippen molar-refractivity contribution < 1.29 is 9.90 Å². The van der Waals surface area contributed by atoms with E-state index in [0.29, 0.717) is 11.7 Å². The minimum Gasteiger partial charge on any atom is -0.494 e. The molecule has 0 saturated heterocycles. The number of carbonyl (C=O) groups excluding carboxylic acids is 1. The highest BCUT2D eigenvalue weighted by Gasteiger charge is 2.28. The van der Waals surface area contributed by atoms with Gasteiger partial charge in [0, 0.05) is 23.2 Å². The molecule has 0 aliphatic heterocycles. The fraction of sp³-hybridized carbons (Fsp3) is 0.391. The number of aromatic hydroxyl groups is 1. The number of pyridine rings is 1. The van der Waals surface area contributed by atoms with E-state index < -0.39 is 6.04 Å². The van der Waals surface area contributed by atoms with Gasteiger partial charge in [-0.3, -0.25) is 4.79 Å². The average molecular weight is 377 g/mol. The highest BCUT2D eigenvalue weighted by atomic mass is 16.3. The largest absolute Gasteiger partial charge is 0.494 e. The third-order valence-electron chi connectivity index (χ3n) is 5.81. The van der Waals surface area contributed by atoms with Gasteiger partial charge in [0.15, 0.2) is 5.88 Å². The Morgan fingerprint density at radius 1 is 1.21 bits per heavy atom. The molecule has 1 saturated carbocycles. The van der Waals surface area contributed by atoms with Crippen LogP contribution in [0.4, 0.5) is 5.82 Å². The molecule has 0 spiro atoms. The number of fused-ring (bicyclic) bond motifs is 1. The van der Waals surface area contributed by atoms with Crippen LogP contribution in [0, 0.1) is 12.8 Å². The Kier molecular flexibility index (Phi) is 5.33. The van der Waals surface area contributed by atoms with Gasteiger partial charge >= 0.3 is 0 Å². The van der Waals surface area contributed by atoms with Crippen LogP contribution in [0.25, 0.3) is 10.8 Å². The lowest BCUT2D eigenvalue weighted by atomic mass is 9.84. The number of hydrogen-bond donors (Lipinski definition) is 2. The van der Waals surface area contributed by atoms with Gasteiger partial charge in [0.05, 0.1) is 0 Å². The smallest absolute Gasteiger partial charge is 0.248 e. The Morgan fingerprint density at radius 2 is 2.00 bits per heavy atom. The van der Waals surface area contributed by atoms with Crippen molar-refractivity contribution in [1.82, 2.24) is 9.55 Å². The first-order chi connectivity index (χ1) is 13.6. The van der Waals surface area contributed by atoms with Crippen molar-refractivity contribution in [3.05, 3.63) is 54.4 Å². The van der Waals surface area contributed by atoms with Crippen LogP contribution < -0.4 is 5.32 Å². The van der Waals surface area contributed by atoms with E-state index in [1.807, 2.05) is 49.5 Å². The lowest BCUT2D eigenvalue weighted by Crippen LogP contribution is -2.28. The fourth-order valence-corrected chi connectivity index (χ4v) is 4.24. The third-order valence-corrected chi connectivity index (χ3v) is 5.81. The lowest BCUT2D eigenvalue weighted by Gasteiger charge is -2.27. The van der Waals surface area contributed by atoms with Crippen molar-refractivity contribution in [2.45, 2.75) is 51.5 Å². The van der Waals surface area contributed by atoms with Crippen molar-refractivity contribution >= 4 is 22.5 Å². The molecular formula is C23H27N3O2. The van der Waals surface area contributed by atoms with Gasteiger partial charge in [-0.2, -0.15) is 0 Å². The number of nitrogens with one attached hydrogen (secondary N) is 1. The van der Waals surface area contributed by atoms with Crippen molar-refractivity contribution in [3.63, 3.8) is 0 Å². The van der Waals surface area contributed by atoms with E-state index in [0.717, 1.165) is 35.6 Å². The van der Waals surface area contributed by atoms with Crippen LogP contribution in [-0.2, 0) is 4.79 Å². The monoisotopic (exact) mass is 377 g/mol. The molecule has 1 aromatic carbocycles. The second-order valence-corrected chi connectivity index (χ2v) is 7.91. The summed E-state index contributed by atoms with van der Waals surface area (Å²) in [4.78, 5) is 17.5. The first-order valence-corrected chi connectivity index (χ1v) is 10.1. The molecule has 1 aliphatic carbocycles. The van der Waals surface area contributed by atoms with Crippen LogP contribution in [0.3, 0.4) is 0 Å². The summed E-state index contributed by atoms with van der Waals surface area (Å²) < 4.78 is 1.74. The number of hydrogen-bond acceptors (Lipinski definition) is 3. The SMILES string of the molecule is Cc1ccc(NC(=O)[C@H](CC2CCCCC2)n2cc3ccccc3c2O)nc1. The zero-order valence-corrected chi connectivity index (χ0v) is 16.3. The molecule has 2 heterocycles. The molecule has 1 aliphatic rings. The van der Waals surface area contributed by atoms with E-state index in [4.69, 9.17) is 0 Å². The summed E-state index contributed by atoms with van der Waals surface area (Å²) in [6.07, 6.45) is 10.4. The maximum atomic E-state index is 13.2. The molecule has 1 amide bonds. The van der Waals surface area contributed by atoms with Gasteiger partial charge in [-0.05, 0) is 37.0 Å². The number of rotatable bonds is 5. The zero-order chi connectivity index (χ0) is 19.5. The zero-order valence-electron chi connectivity index (χ0n) is 16.3. The number of aromatic nitrogens is 2. The van der Waals surface area contributed by atoms with Crippen LogP contribution in [-0.4, -0.2) is 20.6 Å². The molecule has 5 heteroatoms. The van der Waals surface area contributed by atoms with E-state index >= 15 is 0 Å². The second kappa shape index (κ2) is 8.05. The van der Waals surface area contributed by atoms with Gasteiger partial charge in [-0.1, -0.05) is 56.4 Å². The van der Waals surface area contributed by atoms with Gasteiger partial charge in [-0.15, -0.1) is 0 Å². The molecule has 28 heavy (non-hydrogen) atoms.